The van der Waals surface area contributed by atoms with Crippen LogP contribution >= 0.6 is 0 Å². The summed E-state index contributed by atoms with van der Waals surface area (Å²) < 4.78 is 4.76. The average Bonchev–Trinajstić information content (AvgIpc) is 3.22. The predicted molar refractivity (Wildman–Crippen MR) is 90.8 cm³/mol. The van der Waals surface area contributed by atoms with Crippen LogP contribution in [-0.2, 0) is 14.4 Å². The summed E-state index contributed by atoms with van der Waals surface area (Å²) in [6.07, 6.45) is 0.425. The fraction of sp³-hybridized carbons (Fsp3) is 0.263. The van der Waals surface area contributed by atoms with Crippen molar-refractivity contribution in [2.24, 2.45) is 5.16 Å². The molecule has 2 aromatic rings. The Bertz CT molecular complexity index is 768. The van der Waals surface area contributed by atoms with Gasteiger partial charge in [0.2, 0.25) is 0 Å². The Morgan fingerprint density at radius 3 is 2.21 bits per heavy atom. The molecule has 0 unspecified atom stereocenters. The molecule has 0 saturated carbocycles. The molecule has 0 radical (unpaired) electrons. The number of carbonyl (C=O) groups excluding carboxylic acids is 1. The highest BCUT2D eigenvalue weighted by molar-refractivity contribution is 6.24. The SMILES string of the molecule is COC(=O)[C@@H]1C[C@@H](ON=C2c3ccccc3-c3ccccc32)CN1. The van der Waals surface area contributed by atoms with Crippen LogP contribution in [0.3, 0.4) is 0 Å². The van der Waals surface area contributed by atoms with Crippen molar-refractivity contribution in [3.8, 4) is 11.1 Å². The number of fused-ring (bicyclic) bond motifs is 3. The largest absolute Gasteiger partial charge is 0.468 e. The molecular weight excluding hydrogens is 304 g/mol. The third-order valence-corrected chi connectivity index (χ3v) is 4.52. The molecule has 1 heterocycles. The first kappa shape index (κ1) is 14.9. The molecule has 0 amide bonds. The molecule has 1 N–H and O–H groups in total. The molecule has 122 valence electrons. The molecule has 0 bridgehead atoms. The molecule has 2 atom stereocenters. The molecule has 2 aromatic carbocycles. The van der Waals surface area contributed by atoms with Crippen LogP contribution in [-0.4, -0.2) is 37.5 Å². The zero-order valence-corrected chi connectivity index (χ0v) is 13.4. The molecule has 24 heavy (non-hydrogen) atoms. The van der Waals surface area contributed by atoms with E-state index in [9.17, 15) is 4.79 Å². The van der Waals surface area contributed by atoms with Gasteiger partial charge in [0.25, 0.3) is 0 Å². The van der Waals surface area contributed by atoms with Gasteiger partial charge in [-0.25, -0.2) is 0 Å². The minimum atomic E-state index is -0.316. The molecule has 2 aliphatic rings. The summed E-state index contributed by atoms with van der Waals surface area (Å²) >= 11 is 0. The van der Waals surface area contributed by atoms with E-state index in [1.54, 1.807) is 0 Å². The number of esters is 1. The van der Waals surface area contributed by atoms with Gasteiger partial charge < -0.3 is 14.9 Å². The molecule has 5 heteroatoms. The van der Waals surface area contributed by atoms with Crippen LogP contribution in [0.4, 0.5) is 0 Å². The molecule has 1 fully saturated rings. The number of rotatable bonds is 3. The van der Waals surface area contributed by atoms with E-state index < -0.39 is 0 Å². The van der Waals surface area contributed by atoms with Crippen molar-refractivity contribution in [3.05, 3.63) is 59.7 Å². The number of ether oxygens (including phenoxy) is 1. The van der Waals surface area contributed by atoms with Gasteiger partial charge >= 0.3 is 5.97 Å². The molecular formula is C19H18N2O3. The van der Waals surface area contributed by atoms with E-state index in [0.717, 1.165) is 16.8 Å². The highest BCUT2D eigenvalue weighted by atomic mass is 16.6. The maximum absolute atomic E-state index is 11.6. The zero-order chi connectivity index (χ0) is 16.5. The Hall–Kier alpha value is -2.66. The summed E-state index contributed by atoms with van der Waals surface area (Å²) in [6.45, 7) is 0.583. The second kappa shape index (κ2) is 6.09. The summed E-state index contributed by atoms with van der Waals surface area (Å²) in [4.78, 5) is 17.3. The van der Waals surface area contributed by atoms with Crippen molar-refractivity contribution >= 4 is 11.7 Å². The molecule has 4 rings (SSSR count). The standard InChI is InChI=1S/C19H18N2O3/c1-23-19(22)17-10-12(11-20-17)24-21-18-15-8-4-2-6-13(15)14-7-3-5-9-16(14)18/h2-9,12,17,20H,10-11H2,1H3/t12-,17+/m1/s1. The summed E-state index contributed by atoms with van der Waals surface area (Å²) in [6, 6.07) is 16.1. The molecule has 0 aromatic heterocycles. The van der Waals surface area contributed by atoms with E-state index in [4.69, 9.17) is 9.57 Å². The van der Waals surface area contributed by atoms with E-state index in [0.29, 0.717) is 13.0 Å². The monoisotopic (exact) mass is 322 g/mol. The van der Waals surface area contributed by atoms with E-state index in [2.05, 4.69) is 34.7 Å². The van der Waals surface area contributed by atoms with Crippen molar-refractivity contribution in [3.63, 3.8) is 0 Å². The van der Waals surface area contributed by atoms with Gasteiger partial charge in [0.05, 0.1) is 7.11 Å². The Labute approximate surface area is 140 Å². The van der Waals surface area contributed by atoms with E-state index in [1.165, 1.54) is 18.2 Å². The first-order chi connectivity index (χ1) is 11.8. The lowest BCUT2D eigenvalue weighted by atomic mass is 10.1. The van der Waals surface area contributed by atoms with E-state index in [1.807, 2.05) is 24.3 Å². The van der Waals surface area contributed by atoms with Gasteiger partial charge in [-0.15, -0.1) is 0 Å². The summed E-state index contributed by atoms with van der Waals surface area (Å²) in [5.74, 6) is -0.259. The van der Waals surface area contributed by atoms with Crippen LogP contribution in [0.1, 0.15) is 17.5 Å². The normalized spacial score (nSPS) is 21.1. The molecule has 0 spiro atoms. The lowest BCUT2D eigenvalue weighted by Crippen LogP contribution is -2.31. The number of carbonyl (C=O) groups is 1. The number of benzene rings is 2. The lowest BCUT2D eigenvalue weighted by molar-refractivity contribution is -0.142. The minimum Gasteiger partial charge on any atom is -0.468 e. The van der Waals surface area contributed by atoms with Gasteiger partial charge in [0.15, 0.2) is 0 Å². The van der Waals surface area contributed by atoms with Crippen molar-refractivity contribution in [2.45, 2.75) is 18.6 Å². The zero-order valence-electron chi connectivity index (χ0n) is 13.4. The van der Waals surface area contributed by atoms with Crippen LogP contribution < -0.4 is 5.32 Å². The fourth-order valence-electron chi connectivity index (χ4n) is 3.33. The minimum absolute atomic E-state index is 0.137. The average molecular weight is 322 g/mol. The Morgan fingerprint density at radius 1 is 1.04 bits per heavy atom. The van der Waals surface area contributed by atoms with Crippen molar-refractivity contribution in [1.29, 1.82) is 0 Å². The predicted octanol–water partition coefficient (Wildman–Crippen LogP) is 2.34. The lowest BCUT2D eigenvalue weighted by Gasteiger charge is -2.09. The van der Waals surface area contributed by atoms with Crippen molar-refractivity contribution < 1.29 is 14.4 Å². The maximum Gasteiger partial charge on any atom is 0.323 e. The van der Waals surface area contributed by atoms with Crippen LogP contribution in [0.15, 0.2) is 53.7 Å². The third-order valence-electron chi connectivity index (χ3n) is 4.52. The van der Waals surface area contributed by atoms with Gasteiger partial charge in [-0.3, -0.25) is 4.79 Å². The summed E-state index contributed by atoms with van der Waals surface area (Å²) in [5.41, 5.74) is 5.35. The maximum atomic E-state index is 11.6. The Kier molecular flexibility index (Phi) is 3.78. The second-order valence-electron chi connectivity index (χ2n) is 5.98. The Balaban J connectivity index is 1.58. The van der Waals surface area contributed by atoms with Crippen LogP contribution in [0.25, 0.3) is 11.1 Å². The van der Waals surface area contributed by atoms with Crippen LogP contribution in [0, 0.1) is 0 Å². The number of nitrogens with one attached hydrogen (secondary N) is 1. The highest BCUT2D eigenvalue weighted by Crippen LogP contribution is 2.36. The quantitative estimate of drug-likeness (QED) is 0.594. The van der Waals surface area contributed by atoms with Gasteiger partial charge in [-0.2, -0.15) is 0 Å². The number of methoxy groups -OCH3 is 1. The topological polar surface area (TPSA) is 59.9 Å². The van der Waals surface area contributed by atoms with Gasteiger partial charge in [-0.05, 0) is 11.1 Å². The van der Waals surface area contributed by atoms with Gasteiger partial charge in [-0.1, -0.05) is 53.7 Å². The van der Waals surface area contributed by atoms with E-state index in [-0.39, 0.29) is 18.1 Å². The molecule has 5 nitrogen and oxygen atoms in total. The highest BCUT2D eigenvalue weighted by Gasteiger charge is 2.32. The molecule has 1 saturated heterocycles. The van der Waals surface area contributed by atoms with Gasteiger partial charge in [0.1, 0.15) is 17.9 Å². The van der Waals surface area contributed by atoms with Gasteiger partial charge in [0, 0.05) is 24.1 Å². The number of nitrogens with zero attached hydrogens (tertiary/aromatic N) is 1. The van der Waals surface area contributed by atoms with Crippen molar-refractivity contribution in [2.75, 3.05) is 13.7 Å². The second-order valence-corrected chi connectivity index (χ2v) is 5.98. The molecule has 1 aliphatic heterocycles. The van der Waals surface area contributed by atoms with Crippen LogP contribution in [0.5, 0.6) is 0 Å². The van der Waals surface area contributed by atoms with Crippen LogP contribution in [0.2, 0.25) is 0 Å². The number of hydrogen-bond acceptors (Lipinski definition) is 5. The fourth-order valence-corrected chi connectivity index (χ4v) is 3.33. The third kappa shape index (κ3) is 2.47. The van der Waals surface area contributed by atoms with E-state index >= 15 is 0 Å². The summed E-state index contributed by atoms with van der Waals surface area (Å²) in [5, 5.41) is 7.53. The first-order valence-corrected chi connectivity index (χ1v) is 8.02. The van der Waals surface area contributed by atoms with Crippen molar-refractivity contribution in [1.82, 2.24) is 5.32 Å². The first-order valence-electron chi connectivity index (χ1n) is 8.02. The number of oxime groups is 1. The smallest absolute Gasteiger partial charge is 0.323 e. The summed E-state index contributed by atoms with van der Waals surface area (Å²) in [7, 11) is 1.39. The number of hydrogen-bond donors (Lipinski definition) is 1. The molecule has 1 aliphatic carbocycles. The Morgan fingerprint density at radius 2 is 1.62 bits per heavy atom.